The van der Waals surface area contributed by atoms with Crippen LogP contribution in [0.15, 0.2) is 69.5 Å². The van der Waals surface area contributed by atoms with Crippen molar-refractivity contribution < 1.29 is 4.79 Å². The Labute approximate surface area is 185 Å². The molecule has 0 unspecified atom stereocenters. The molecule has 0 atom stereocenters. The van der Waals surface area contributed by atoms with Crippen molar-refractivity contribution in [2.24, 2.45) is 0 Å². The number of aryl methyl sites for hydroxylation is 1. The molecular formula is C23H18BrN3O2S. The van der Waals surface area contributed by atoms with E-state index < -0.39 is 0 Å². The second kappa shape index (κ2) is 7.81. The first kappa shape index (κ1) is 19.2. The molecule has 2 aromatic carbocycles. The van der Waals surface area contributed by atoms with Crippen LogP contribution in [0.2, 0.25) is 0 Å². The standard InChI is InChI=1S/C23H18BrN3O2S/c24-17-9-7-15(8-10-17)18-13-30-22-21(18)23(29)26(14-25-22)12-20(28)27-11-3-5-16-4-1-2-6-19(16)27/h1-2,4,6-10,13-14H,3,5,11-12H2. The number of anilines is 1. The Bertz CT molecular complexity index is 1310. The molecular weight excluding hydrogens is 462 g/mol. The fourth-order valence-corrected chi connectivity index (χ4v) is 5.12. The smallest absolute Gasteiger partial charge is 0.263 e. The average Bonchev–Trinajstić information content (AvgIpc) is 3.20. The first-order valence-electron chi connectivity index (χ1n) is 9.72. The third-order valence-corrected chi connectivity index (χ3v) is 6.85. The number of carbonyl (C=O) groups excluding carboxylic acids is 1. The maximum Gasteiger partial charge on any atom is 0.263 e. The number of aromatic nitrogens is 2. The lowest BCUT2D eigenvalue weighted by Gasteiger charge is -2.29. The van der Waals surface area contributed by atoms with E-state index in [1.165, 1.54) is 27.8 Å². The van der Waals surface area contributed by atoms with Crippen LogP contribution in [0.4, 0.5) is 5.69 Å². The van der Waals surface area contributed by atoms with Gasteiger partial charge in [-0.3, -0.25) is 14.2 Å². The third kappa shape index (κ3) is 3.38. The molecule has 4 aromatic rings. The van der Waals surface area contributed by atoms with Crippen LogP contribution < -0.4 is 10.5 Å². The Morgan fingerprint density at radius 3 is 2.77 bits per heavy atom. The van der Waals surface area contributed by atoms with Gasteiger partial charge >= 0.3 is 0 Å². The normalized spacial score (nSPS) is 13.4. The summed E-state index contributed by atoms with van der Waals surface area (Å²) in [5, 5.41) is 2.52. The molecule has 0 aliphatic carbocycles. The first-order valence-corrected chi connectivity index (χ1v) is 11.4. The molecule has 30 heavy (non-hydrogen) atoms. The van der Waals surface area contributed by atoms with E-state index in [-0.39, 0.29) is 18.0 Å². The van der Waals surface area contributed by atoms with Crippen molar-refractivity contribution in [2.45, 2.75) is 19.4 Å². The largest absolute Gasteiger partial charge is 0.311 e. The summed E-state index contributed by atoms with van der Waals surface area (Å²) < 4.78 is 2.41. The van der Waals surface area contributed by atoms with Crippen molar-refractivity contribution in [3.8, 4) is 11.1 Å². The summed E-state index contributed by atoms with van der Waals surface area (Å²) in [7, 11) is 0. The van der Waals surface area contributed by atoms with E-state index in [9.17, 15) is 9.59 Å². The van der Waals surface area contributed by atoms with Crippen LogP contribution in [0.25, 0.3) is 21.3 Å². The van der Waals surface area contributed by atoms with Gasteiger partial charge in [-0.1, -0.05) is 46.3 Å². The monoisotopic (exact) mass is 479 g/mol. The van der Waals surface area contributed by atoms with Crippen molar-refractivity contribution in [1.29, 1.82) is 0 Å². The molecule has 0 radical (unpaired) electrons. The highest BCUT2D eigenvalue weighted by molar-refractivity contribution is 9.10. The number of nitrogens with zero attached hydrogens (tertiary/aromatic N) is 3. The summed E-state index contributed by atoms with van der Waals surface area (Å²) in [6.45, 7) is 0.647. The number of para-hydroxylation sites is 1. The van der Waals surface area contributed by atoms with Crippen LogP contribution in [0, 0.1) is 0 Å². The summed E-state index contributed by atoms with van der Waals surface area (Å²) in [6.07, 6.45) is 3.38. The molecule has 0 saturated heterocycles. The van der Waals surface area contributed by atoms with Crippen molar-refractivity contribution in [3.05, 3.63) is 80.6 Å². The minimum atomic E-state index is -0.183. The van der Waals surface area contributed by atoms with E-state index in [2.05, 4.69) is 27.0 Å². The van der Waals surface area contributed by atoms with E-state index in [1.807, 2.05) is 47.8 Å². The van der Waals surface area contributed by atoms with Gasteiger partial charge in [0, 0.05) is 27.6 Å². The zero-order valence-electron chi connectivity index (χ0n) is 16.0. The number of hydrogen-bond donors (Lipinski definition) is 0. The SMILES string of the molecule is O=C(Cn1cnc2scc(-c3ccc(Br)cc3)c2c1=O)N1CCCc2ccccc21. The Kier molecular flexibility index (Phi) is 5.00. The van der Waals surface area contributed by atoms with Crippen LogP contribution in [-0.2, 0) is 17.8 Å². The Morgan fingerprint density at radius 2 is 1.93 bits per heavy atom. The lowest BCUT2D eigenvalue weighted by Crippen LogP contribution is -2.39. The van der Waals surface area contributed by atoms with Crippen molar-refractivity contribution >= 4 is 49.1 Å². The van der Waals surface area contributed by atoms with Gasteiger partial charge in [-0.05, 0) is 42.2 Å². The molecule has 0 fully saturated rings. The number of thiophene rings is 1. The summed E-state index contributed by atoms with van der Waals surface area (Å²) in [5.74, 6) is -0.0918. The minimum absolute atomic E-state index is 0.0221. The molecule has 0 saturated carbocycles. The highest BCUT2D eigenvalue weighted by Crippen LogP contribution is 2.31. The maximum atomic E-state index is 13.3. The van der Waals surface area contributed by atoms with Gasteiger partial charge in [-0.25, -0.2) is 4.98 Å². The van der Waals surface area contributed by atoms with Crippen molar-refractivity contribution in [1.82, 2.24) is 9.55 Å². The molecule has 1 amide bonds. The molecule has 150 valence electrons. The Hall–Kier alpha value is -2.77. The molecule has 3 heterocycles. The van der Waals surface area contributed by atoms with E-state index in [1.54, 1.807) is 4.90 Å². The van der Waals surface area contributed by atoms with Crippen molar-refractivity contribution in [2.75, 3.05) is 11.4 Å². The average molecular weight is 480 g/mol. The fraction of sp³-hybridized carbons (Fsp3) is 0.174. The predicted molar refractivity (Wildman–Crippen MR) is 124 cm³/mol. The Balaban J connectivity index is 1.51. The second-order valence-corrected chi connectivity index (χ2v) is 9.07. The topological polar surface area (TPSA) is 55.2 Å². The van der Waals surface area contributed by atoms with Gasteiger partial charge in [0.1, 0.15) is 11.4 Å². The number of fused-ring (bicyclic) bond motifs is 2. The maximum absolute atomic E-state index is 13.3. The molecule has 0 bridgehead atoms. The summed E-state index contributed by atoms with van der Waals surface area (Å²) in [4.78, 5) is 33.3. The molecule has 2 aromatic heterocycles. The highest BCUT2D eigenvalue weighted by Gasteiger charge is 2.23. The zero-order chi connectivity index (χ0) is 20.7. The highest BCUT2D eigenvalue weighted by atomic mass is 79.9. The summed E-state index contributed by atoms with van der Waals surface area (Å²) in [5.41, 5.74) is 3.75. The molecule has 7 heteroatoms. The second-order valence-electron chi connectivity index (χ2n) is 7.29. The molecule has 5 rings (SSSR count). The zero-order valence-corrected chi connectivity index (χ0v) is 18.4. The molecule has 0 N–H and O–H groups in total. The number of benzene rings is 2. The molecule has 5 nitrogen and oxygen atoms in total. The van der Waals surface area contributed by atoms with Gasteiger partial charge in [-0.15, -0.1) is 11.3 Å². The van der Waals surface area contributed by atoms with Crippen LogP contribution >= 0.6 is 27.3 Å². The molecule has 1 aliphatic heterocycles. The predicted octanol–water partition coefficient (Wildman–Crippen LogP) is 4.87. The van der Waals surface area contributed by atoms with Crippen LogP contribution in [0.3, 0.4) is 0 Å². The lowest BCUT2D eigenvalue weighted by molar-refractivity contribution is -0.119. The van der Waals surface area contributed by atoms with E-state index in [0.717, 1.165) is 34.1 Å². The quantitative estimate of drug-likeness (QED) is 0.421. The van der Waals surface area contributed by atoms with Gasteiger partial charge < -0.3 is 4.90 Å². The van der Waals surface area contributed by atoms with E-state index in [4.69, 9.17) is 0 Å². The first-order chi connectivity index (χ1) is 14.6. The van der Waals surface area contributed by atoms with Gasteiger partial charge in [-0.2, -0.15) is 0 Å². The summed E-state index contributed by atoms with van der Waals surface area (Å²) >= 11 is 4.89. The number of halogens is 1. The van der Waals surface area contributed by atoms with Gasteiger partial charge in [0.15, 0.2) is 0 Å². The molecule has 1 aliphatic rings. The van der Waals surface area contributed by atoms with Gasteiger partial charge in [0.2, 0.25) is 5.91 Å². The third-order valence-electron chi connectivity index (χ3n) is 5.43. The van der Waals surface area contributed by atoms with Crippen molar-refractivity contribution in [3.63, 3.8) is 0 Å². The Morgan fingerprint density at radius 1 is 1.13 bits per heavy atom. The lowest BCUT2D eigenvalue weighted by atomic mass is 10.0. The number of carbonyl (C=O) groups is 1. The number of amides is 1. The van der Waals surface area contributed by atoms with Gasteiger partial charge in [0.05, 0.1) is 11.7 Å². The van der Waals surface area contributed by atoms with E-state index >= 15 is 0 Å². The van der Waals surface area contributed by atoms with E-state index in [0.29, 0.717) is 16.8 Å². The van der Waals surface area contributed by atoms with Gasteiger partial charge in [0.25, 0.3) is 5.56 Å². The molecule has 0 spiro atoms. The summed E-state index contributed by atoms with van der Waals surface area (Å²) in [6, 6.07) is 15.8. The van der Waals surface area contributed by atoms with Crippen LogP contribution in [0.1, 0.15) is 12.0 Å². The number of hydrogen-bond acceptors (Lipinski definition) is 4. The fourth-order valence-electron chi connectivity index (χ4n) is 3.95. The number of rotatable bonds is 3. The minimum Gasteiger partial charge on any atom is -0.311 e. The van der Waals surface area contributed by atoms with Crippen LogP contribution in [0.5, 0.6) is 0 Å². The van der Waals surface area contributed by atoms with Crippen LogP contribution in [-0.4, -0.2) is 22.0 Å².